The predicted molar refractivity (Wildman–Crippen MR) is 79.7 cm³/mol. The molecule has 110 valence electrons. The fourth-order valence-corrected chi connectivity index (χ4v) is 2.75. The summed E-state index contributed by atoms with van der Waals surface area (Å²) in [5, 5.41) is 0. The van der Waals surface area contributed by atoms with Gasteiger partial charge in [0.15, 0.2) is 12.6 Å². The van der Waals surface area contributed by atoms with Gasteiger partial charge in [0.1, 0.15) is 0 Å². The van der Waals surface area contributed by atoms with Crippen LogP contribution < -0.4 is 0 Å². The molecular formula is C17H19NO3. The second-order valence-electron chi connectivity index (χ2n) is 5.11. The Bertz CT molecular complexity index is 570. The molecule has 1 saturated heterocycles. The van der Waals surface area contributed by atoms with Crippen LogP contribution in [0.15, 0.2) is 48.8 Å². The standard InChI is InChI=1S/C17H19NO3/c1-19-16-11-15(17(20-2)21-16)14-5-3-12(4-6-14)13-7-9-18-10-8-13/h3-10,15-17H,11H2,1-2H3. The van der Waals surface area contributed by atoms with Gasteiger partial charge in [-0.05, 0) is 28.8 Å². The van der Waals surface area contributed by atoms with E-state index < -0.39 is 0 Å². The van der Waals surface area contributed by atoms with Crippen LogP contribution in [0.25, 0.3) is 11.1 Å². The monoisotopic (exact) mass is 285 g/mol. The van der Waals surface area contributed by atoms with Crippen molar-refractivity contribution in [2.75, 3.05) is 14.2 Å². The van der Waals surface area contributed by atoms with Crippen molar-refractivity contribution >= 4 is 0 Å². The zero-order valence-corrected chi connectivity index (χ0v) is 12.2. The summed E-state index contributed by atoms with van der Waals surface area (Å²) in [5.74, 6) is 0.200. The van der Waals surface area contributed by atoms with Crippen molar-refractivity contribution in [1.82, 2.24) is 4.98 Å². The molecule has 1 aromatic carbocycles. The summed E-state index contributed by atoms with van der Waals surface area (Å²) < 4.78 is 16.4. The number of hydrogen-bond donors (Lipinski definition) is 0. The third-order valence-electron chi connectivity index (χ3n) is 3.91. The molecule has 0 N–H and O–H groups in total. The van der Waals surface area contributed by atoms with Gasteiger partial charge in [0.25, 0.3) is 0 Å². The highest BCUT2D eigenvalue weighted by Crippen LogP contribution is 2.36. The van der Waals surface area contributed by atoms with Crippen molar-refractivity contribution in [2.24, 2.45) is 0 Å². The average Bonchev–Trinajstić information content (AvgIpc) is 2.99. The maximum Gasteiger partial charge on any atom is 0.167 e. The molecule has 1 fully saturated rings. The van der Waals surface area contributed by atoms with E-state index in [1.165, 1.54) is 11.1 Å². The molecule has 1 aliphatic heterocycles. The predicted octanol–water partition coefficient (Wildman–Crippen LogP) is 3.20. The smallest absolute Gasteiger partial charge is 0.167 e. The van der Waals surface area contributed by atoms with Gasteiger partial charge in [0, 0.05) is 39.0 Å². The molecule has 0 aliphatic carbocycles. The molecule has 1 aromatic heterocycles. The van der Waals surface area contributed by atoms with Gasteiger partial charge in [0.05, 0.1) is 0 Å². The molecule has 1 aliphatic rings. The molecule has 0 radical (unpaired) electrons. The van der Waals surface area contributed by atoms with Crippen molar-refractivity contribution in [2.45, 2.75) is 24.9 Å². The van der Waals surface area contributed by atoms with Crippen LogP contribution in [-0.2, 0) is 14.2 Å². The first-order valence-corrected chi connectivity index (χ1v) is 7.03. The van der Waals surface area contributed by atoms with Crippen LogP contribution in [-0.4, -0.2) is 31.8 Å². The minimum Gasteiger partial charge on any atom is -0.356 e. The average molecular weight is 285 g/mol. The first-order valence-electron chi connectivity index (χ1n) is 7.03. The van der Waals surface area contributed by atoms with Crippen LogP contribution in [0.3, 0.4) is 0 Å². The third-order valence-corrected chi connectivity index (χ3v) is 3.91. The molecule has 3 rings (SSSR count). The maximum atomic E-state index is 5.69. The minimum absolute atomic E-state index is 0.195. The fourth-order valence-electron chi connectivity index (χ4n) is 2.75. The first-order chi connectivity index (χ1) is 10.3. The molecule has 4 nitrogen and oxygen atoms in total. The Labute approximate surface area is 124 Å². The van der Waals surface area contributed by atoms with E-state index in [9.17, 15) is 0 Å². The van der Waals surface area contributed by atoms with Crippen molar-refractivity contribution in [1.29, 1.82) is 0 Å². The molecule has 0 amide bonds. The Morgan fingerprint density at radius 2 is 1.62 bits per heavy atom. The van der Waals surface area contributed by atoms with E-state index in [-0.39, 0.29) is 18.5 Å². The summed E-state index contributed by atoms with van der Waals surface area (Å²) in [5.41, 5.74) is 3.55. The number of rotatable bonds is 4. The van der Waals surface area contributed by atoms with Crippen molar-refractivity contribution in [3.05, 3.63) is 54.4 Å². The van der Waals surface area contributed by atoms with Crippen LogP contribution >= 0.6 is 0 Å². The van der Waals surface area contributed by atoms with Gasteiger partial charge < -0.3 is 14.2 Å². The third kappa shape index (κ3) is 2.97. The summed E-state index contributed by atoms with van der Waals surface area (Å²) in [6.07, 6.45) is 3.97. The van der Waals surface area contributed by atoms with E-state index in [4.69, 9.17) is 14.2 Å². The van der Waals surface area contributed by atoms with E-state index in [1.807, 2.05) is 12.1 Å². The molecule has 0 bridgehead atoms. The highest BCUT2D eigenvalue weighted by molar-refractivity contribution is 5.63. The number of pyridine rings is 1. The normalized spacial score (nSPS) is 25.1. The highest BCUT2D eigenvalue weighted by atomic mass is 16.8. The number of ether oxygens (including phenoxy) is 3. The van der Waals surface area contributed by atoms with Gasteiger partial charge >= 0.3 is 0 Å². The van der Waals surface area contributed by atoms with E-state index in [0.29, 0.717) is 0 Å². The Morgan fingerprint density at radius 1 is 0.952 bits per heavy atom. The minimum atomic E-state index is -0.248. The van der Waals surface area contributed by atoms with Gasteiger partial charge in [-0.3, -0.25) is 4.98 Å². The number of hydrogen-bond acceptors (Lipinski definition) is 4. The Kier molecular flexibility index (Phi) is 4.29. The van der Waals surface area contributed by atoms with Gasteiger partial charge in [-0.2, -0.15) is 0 Å². The van der Waals surface area contributed by atoms with Crippen molar-refractivity contribution < 1.29 is 14.2 Å². The molecule has 0 saturated carbocycles. The lowest BCUT2D eigenvalue weighted by Crippen LogP contribution is -2.17. The van der Waals surface area contributed by atoms with Crippen LogP contribution in [0.2, 0.25) is 0 Å². The van der Waals surface area contributed by atoms with Gasteiger partial charge in [-0.15, -0.1) is 0 Å². The van der Waals surface area contributed by atoms with Crippen molar-refractivity contribution in [3.8, 4) is 11.1 Å². The molecule has 3 unspecified atom stereocenters. The molecule has 2 heterocycles. The van der Waals surface area contributed by atoms with Crippen LogP contribution in [0, 0.1) is 0 Å². The molecule has 21 heavy (non-hydrogen) atoms. The molecule has 2 aromatic rings. The number of benzene rings is 1. The Balaban J connectivity index is 1.81. The number of nitrogens with zero attached hydrogens (tertiary/aromatic N) is 1. The first kappa shape index (κ1) is 14.2. The van der Waals surface area contributed by atoms with Gasteiger partial charge in [0.2, 0.25) is 0 Å². The summed E-state index contributed by atoms with van der Waals surface area (Å²) >= 11 is 0. The van der Waals surface area contributed by atoms with E-state index in [2.05, 4.69) is 29.2 Å². The van der Waals surface area contributed by atoms with Crippen LogP contribution in [0.1, 0.15) is 17.9 Å². The summed E-state index contributed by atoms with van der Waals surface area (Å²) in [6, 6.07) is 12.5. The Hall–Kier alpha value is -1.75. The lowest BCUT2D eigenvalue weighted by atomic mass is 9.94. The SMILES string of the molecule is COC1CC(c2ccc(-c3ccncc3)cc2)C(OC)O1. The maximum absolute atomic E-state index is 5.69. The van der Waals surface area contributed by atoms with Crippen LogP contribution in [0.4, 0.5) is 0 Å². The molecule has 4 heteroatoms. The second kappa shape index (κ2) is 6.35. The number of methoxy groups -OCH3 is 2. The zero-order valence-electron chi connectivity index (χ0n) is 12.2. The zero-order chi connectivity index (χ0) is 14.7. The summed E-state index contributed by atoms with van der Waals surface area (Å²) in [7, 11) is 3.33. The second-order valence-corrected chi connectivity index (χ2v) is 5.11. The van der Waals surface area contributed by atoms with Gasteiger partial charge in [-0.1, -0.05) is 24.3 Å². The summed E-state index contributed by atoms with van der Waals surface area (Å²) in [4.78, 5) is 4.04. The van der Waals surface area contributed by atoms with E-state index in [1.54, 1.807) is 26.6 Å². The van der Waals surface area contributed by atoms with E-state index >= 15 is 0 Å². The van der Waals surface area contributed by atoms with E-state index in [0.717, 1.165) is 12.0 Å². The Morgan fingerprint density at radius 3 is 2.24 bits per heavy atom. The van der Waals surface area contributed by atoms with Crippen molar-refractivity contribution in [3.63, 3.8) is 0 Å². The molecule has 3 atom stereocenters. The molecule has 0 spiro atoms. The fraction of sp³-hybridized carbons (Fsp3) is 0.353. The summed E-state index contributed by atoms with van der Waals surface area (Å²) in [6.45, 7) is 0. The topological polar surface area (TPSA) is 40.6 Å². The quantitative estimate of drug-likeness (QED) is 0.865. The lowest BCUT2D eigenvalue weighted by Gasteiger charge is -2.17. The molecular weight excluding hydrogens is 266 g/mol. The lowest BCUT2D eigenvalue weighted by molar-refractivity contribution is -0.188. The van der Waals surface area contributed by atoms with Gasteiger partial charge in [-0.25, -0.2) is 0 Å². The highest BCUT2D eigenvalue weighted by Gasteiger charge is 2.36. The number of aromatic nitrogens is 1. The van der Waals surface area contributed by atoms with Crippen LogP contribution in [0.5, 0.6) is 0 Å². The largest absolute Gasteiger partial charge is 0.356 e.